The Labute approximate surface area is 99.4 Å². The number of hydrogen-bond donors (Lipinski definition) is 1. The molecule has 0 radical (unpaired) electrons. The van der Waals surface area contributed by atoms with Gasteiger partial charge in [-0.1, -0.05) is 13.3 Å². The molecular weight excluding hydrogens is 223 g/mol. The second kappa shape index (κ2) is 4.81. The lowest BCUT2D eigenvalue weighted by Gasteiger charge is -2.33. The van der Waals surface area contributed by atoms with Gasteiger partial charge in [0.15, 0.2) is 0 Å². The number of halogens is 1. The summed E-state index contributed by atoms with van der Waals surface area (Å²) in [6.07, 6.45) is 0.614. The highest BCUT2D eigenvalue weighted by atomic mass is 19.1. The summed E-state index contributed by atoms with van der Waals surface area (Å²) in [5.74, 6) is 0.608. The van der Waals surface area contributed by atoms with Crippen LogP contribution >= 0.6 is 0 Å². The largest absolute Gasteiger partial charge is 0.333 e. The number of aromatic amines is 1. The third-order valence-corrected chi connectivity index (χ3v) is 3.29. The van der Waals surface area contributed by atoms with Gasteiger partial charge in [0.1, 0.15) is 12.0 Å². The Balaban J connectivity index is 2.02. The minimum absolute atomic E-state index is 0.0792. The lowest BCUT2D eigenvalue weighted by Crippen LogP contribution is -2.45. The van der Waals surface area contributed by atoms with Gasteiger partial charge < -0.3 is 9.88 Å². The van der Waals surface area contributed by atoms with Crippen molar-refractivity contribution in [1.29, 1.82) is 0 Å². The number of hydrogen-bond acceptors (Lipinski definition) is 3. The van der Waals surface area contributed by atoms with E-state index in [1.807, 2.05) is 6.92 Å². The van der Waals surface area contributed by atoms with Gasteiger partial charge in [0.25, 0.3) is 5.91 Å². The third-order valence-electron chi connectivity index (χ3n) is 3.29. The number of alkyl halides is 1. The second-order valence-electron chi connectivity index (χ2n) is 4.48. The van der Waals surface area contributed by atoms with Crippen LogP contribution in [-0.4, -0.2) is 45.2 Å². The molecule has 5 nitrogen and oxygen atoms in total. The van der Waals surface area contributed by atoms with Gasteiger partial charge >= 0.3 is 0 Å². The fraction of sp³-hybridized carbons (Fsp3) is 0.727. The van der Waals surface area contributed by atoms with Gasteiger partial charge in [0.05, 0.1) is 6.54 Å². The number of amides is 1. The van der Waals surface area contributed by atoms with E-state index in [2.05, 4.69) is 15.2 Å². The molecule has 1 saturated heterocycles. The van der Waals surface area contributed by atoms with Crippen molar-refractivity contribution in [3.8, 4) is 0 Å². The molecule has 0 spiro atoms. The van der Waals surface area contributed by atoms with Crippen molar-refractivity contribution < 1.29 is 9.18 Å². The SMILES string of the molecule is CC[C@H]1CCN(C(=O)c2nnc(C)[nH]2)C[C@H]1F. The molecule has 1 N–H and O–H groups in total. The Morgan fingerprint density at radius 1 is 1.59 bits per heavy atom. The fourth-order valence-corrected chi connectivity index (χ4v) is 2.19. The molecular formula is C11H17FN4O. The molecule has 6 heteroatoms. The van der Waals surface area contributed by atoms with Crippen LogP contribution in [0.5, 0.6) is 0 Å². The summed E-state index contributed by atoms with van der Waals surface area (Å²) >= 11 is 0. The van der Waals surface area contributed by atoms with E-state index in [9.17, 15) is 9.18 Å². The first-order valence-electron chi connectivity index (χ1n) is 5.94. The normalized spacial score (nSPS) is 25.0. The van der Waals surface area contributed by atoms with Gasteiger partial charge in [0, 0.05) is 6.54 Å². The van der Waals surface area contributed by atoms with Crippen LogP contribution in [0.1, 0.15) is 36.2 Å². The standard InChI is InChI=1S/C11H17FN4O/c1-3-8-4-5-16(6-9(8)12)11(17)10-13-7(2)14-15-10/h8-9H,3-6H2,1-2H3,(H,13,14,15)/t8-,9+/m0/s1. The summed E-state index contributed by atoms with van der Waals surface area (Å²) in [5, 5.41) is 7.47. The maximum Gasteiger partial charge on any atom is 0.291 e. The molecule has 1 fully saturated rings. The Kier molecular flexibility index (Phi) is 3.40. The highest BCUT2D eigenvalue weighted by molar-refractivity contribution is 5.90. The zero-order valence-corrected chi connectivity index (χ0v) is 10.1. The molecule has 2 atom stereocenters. The van der Waals surface area contributed by atoms with Gasteiger partial charge in [-0.15, -0.1) is 10.2 Å². The molecule has 0 aromatic carbocycles. The lowest BCUT2D eigenvalue weighted by atomic mass is 9.92. The van der Waals surface area contributed by atoms with E-state index in [0.717, 1.165) is 12.8 Å². The first kappa shape index (κ1) is 12.0. The van der Waals surface area contributed by atoms with Crippen LogP contribution in [0.3, 0.4) is 0 Å². The molecule has 0 bridgehead atoms. The molecule has 1 aliphatic heterocycles. The molecule has 2 heterocycles. The van der Waals surface area contributed by atoms with E-state index in [1.54, 1.807) is 6.92 Å². The second-order valence-corrected chi connectivity index (χ2v) is 4.48. The summed E-state index contributed by atoms with van der Waals surface area (Å²) in [7, 11) is 0. The maximum atomic E-state index is 13.7. The number of rotatable bonds is 2. The summed E-state index contributed by atoms with van der Waals surface area (Å²) in [4.78, 5) is 16.3. The molecule has 1 amide bonds. The molecule has 94 valence electrons. The Morgan fingerprint density at radius 2 is 2.35 bits per heavy atom. The summed E-state index contributed by atoms with van der Waals surface area (Å²) in [6, 6.07) is 0. The van der Waals surface area contributed by atoms with Crippen molar-refractivity contribution >= 4 is 5.91 Å². The summed E-state index contributed by atoms with van der Waals surface area (Å²) in [5.41, 5.74) is 0. The smallest absolute Gasteiger partial charge is 0.291 e. The number of nitrogens with one attached hydrogen (secondary N) is 1. The van der Waals surface area contributed by atoms with Crippen LogP contribution in [0.15, 0.2) is 0 Å². The van der Waals surface area contributed by atoms with E-state index in [1.165, 1.54) is 4.90 Å². The number of nitrogens with zero attached hydrogens (tertiary/aromatic N) is 3. The van der Waals surface area contributed by atoms with Gasteiger partial charge in [-0.3, -0.25) is 4.79 Å². The summed E-state index contributed by atoms with van der Waals surface area (Å²) < 4.78 is 13.7. The number of carbonyl (C=O) groups is 1. The quantitative estimate of drug-likeness (QED) is 0.848. The van der Waals surface area contributed by atoms with Crippen LogP contribution in [0, 0.1) is 12.8 Å². The van der Waals surface area contributed by atoms with Gasteiger partial charge in [-0.05, 0) is 19.3 Å². The number of piperidine rings is 1. The van der Waals surface area contributed by atoms with Crippen molar-refractivity contribution in [1.82, 2.24) is 20.1 Å². The van der Waals surface area contributed by atoms with Crippen molar-refractivity contribution in [3.63, 3.8) is 0 Å². The molecule has 1 aromatic rings. The predicted octanol–water partition coefficient (Wildman–Crippen LogP) is 1.32. The van der Waals surface area contributed by atoms with Crippen molar-refractivity contribution in [2.24, 2.45) is 5.92 Å². The zero-order valence-electron chi connectivity index (χ0n) is 10.1. The van der Waals surface area contributed by atoms with Crippen molar-refractivity contribution in [3.05, 3.63) is 11.6 Å². The number of H-pyrrole nitrogens is 1. The Morgan fingerprint density at radius 3 is 2.88 bits per heavy atom. The minimum Gasteiger partial charge on any atom is -0.333 e. The first-order valence-corrected chi connectivity index (χ1v) is 5.94. The van der Waals surface area contributed by atoms with E-state index in [4.69, 9.17) is 0 Å². The Bertz CT molecular complexity index is 406. The number of aromatic nitrogens is 3. The molecule has 17 heavy (non-hydrogen) atoms. The highest BCUT2D eigenvalue weighted by Gasteiger charge is 2.31. The number of carbonyl (C=O) groups excluding carboxylic acids is 1. The van der Waals surface area contributed by atoms with Crippen molar-refractivity contribution in [2.45, 2.75) is 32.9 Å². The molecule has 0 unspecified atom stereocenters. The molecule has 0 aliphatic carbocycles. The minimum atomic E-state index is -0.929. The monoisotopic (exact) mass is 240 g/mol. The molecule has 1 aromatic heterocycles. The maximum absolute atomic E-state index is 13.7. The van der Waals surface area contributed by atoms with E-state index < -0.39 is 6.17 Å². The van der Waals surface area contributed by atoms with Gasteiger partial charge in [-0.25, -0.2) is 4.39 Å². The molecule has 1 aliphatic rings. The van der Waals surface area contributed by atoms with Gasteiger partial charge in [-0.2, -0.15) is 0 Å². The van der Waals surface area contributed by atoms with Crippen LogP contribution in [0.25, 0.3) is 0 Å². The predicted molar refractivity (Wildman–Crippen MR) is 60.3 cm³/mol. The average molecular weight is 240 g/mol. The Hall–Kier alpha value is -1.46. The topological polar surface area (TPSA) is 61.9 Å². The van der Waals surface area contributed by atoms with E-state index in [0.29, 0.717) is 12.4 Å². The zero-order chi connectivity index (χ0) is 12.4. The lowest BCUT2D eigenvalue weighted by molar-refractivity contribution is 0.0498. The summed E-state index contributed by atoms with van der Waals surface area (Å²) in [6.45, 7) is 4.47. The first-order chi connectivity index (χ1) is 8.11. The fourth-order valence-electron chi connectivity index (χ4n) is 2.19. The molecule has 0 saturated carbocycles. The van der Waals surface area contributed by atoms with Crippen LogP contribution in [0.2, 0.25) is 0 Å². The highest BCUT2D eigenvalue weighted by Crippen LogP contribution is 2.23. The van der Waals surface area contributed by atoms with Crippen LogP contribution in [-0.2, 0) is 0 Å². The van der Waals surface area contributed by atoms with Crippen LogP contribution in [0.4, 0.5) is 4.39 Å². The van der Waals surface area contributed by atoms with E-state index in [-0.39, 0.29) is 24.2 Å². The number of aryl methyl sites for hydroxylation is 1. The third kappa shape index (κ3) is 2.45. The van der Waals surface area contributed by atoms with Crippen LogP contribution < -0.4 is 0 Å². The van der Waals surface area contributed by atoms with Crippen molar-refractivity contribution in [2.75, 3.05) is 13.1 Å². The molecule has 2 rings (SSSR count). The van der Waals surface area contributed by atoms with E-state index >= 15 is 0 Å². The van der Waals surface area contributed by atoms with Gasteiger partial charge in [0.2, 0.25) is 5.82 Å². The number of likely N-dealkylation sites (tertiary alicyclic amines) is 1. The average Bonchev–Trinajstić information content (AvgIpc) is 2.75.